The molecular formula is C15H16BrFN2. The summed E-state index contributed by atoms with van der Waals surface area (Å²) < 4.78 is 14.0. The van der Waals surface area contributed by atoms with Gasteiger partial charge < -0.3 is 10.6 Å². The molecule has 0 aliphatic heterocycles. The SMILES string of the molecule is CCN(Cc1c(N)cccc1Br)c1ccc(F)cc1. The Labute approximate surface area is 121 Å². The maximum Gasteiger partial charge on any atom is 0.123 e. The van der Waals surface area contributed by atoms with Gasteiger partial charge in [0.25, 0.3) is 0 Å². The van der Waals surface area contributed by atoms with Crippen molar-refractivity contribution in [2.75, 3.05) is 17.2 Å². The number of benzene rings is 2. The van der Waals surface area contributed by atoms with Crippen molar-refractivity contribution in [3.05, 3.63) is 58.3 Å². The van der Waals surface area contributed by atoms with E-state index in [-0.39, 0.29) is 5.82 Å². The van der Waals surface area contributed by atoms with Crippen molar-refractivity contribution in [2.24, 2.45) is 0 Å². The molecule has 0 aliphatic rings. The Bertz CT molecular complexity index is 534. The van der Waals surface area contributed by atoms with Crippen LogP contribution in [-0.4, -0.2) is 6.54 Å². The van der Waals surface area contributed by atoms with Crippen LogP contribution in [0.15, 0.2) is 46.9 Å². The highest BCUT2D eigenvalue weighted by Crippen LogP contribution is 2.26. The number of nitrogen functional groups attached to an aromatic ring is 1. The quantitative estimate of drug-likeness (QED) is 0.855. The van der Waals surface area contributed by atoms with E-state index in [0.717, 1.165) is 28.0 Å². The van der Waals surface area contributed by atoms with Crippen LogP contribution in [-0.2, 0) is 6.54 Å². The lowest BCUT2D eigenvalue weighted by molar-refractivity contribution is 0.627. The van der Waals surface area contributed by atoms with Crippen molar-refractivity contribution < 1.29 is 4.39 Å². The van der Waals surface area contributed by atoms with Crippen LogP contribution >= 0.6 is 15.9 Å². The molecule has 0 spiro atoms. The first-order valence-corrected chi connectivity index (χ1v) is 6.94. The zero-order chi connectivity index (χ0) is 13.8. The van der Waals surface area contributed by atoms with Gasteiger partial charge in [0.2, 0.25) is 0 Å². The number of nitrogens with zero attached hydrogens (tertiary/aromatic N) is 1. The van der Waals surface area contributed by atoms with Gasteiger partial charge in [0.15, 0.2) is 0 Å². The highest BCUT2D eigenvalue weighted by atomic mass is 79.9. The summed E-state index contributed by atoms with van der Waals surface area (Å²) in [5, 5.41) is 0. The molecule has 100 valence electrons. The highest BCUT2D eigenvalue weighted by molar-refractivity contribution is 9.10. The number of halogens is 2. The van der Waals surface area contributed by atoms with Gasteiger partial charge in [0.1, 0.15) is 5.82 Å². The second kappa shape index (κ2) is 6.06. The molecule has 0 heterocycles. The number of rotatable bonds is 4. The van der Waals surface area contributed by atoms with Crippen molar-refractivity contribution >= 4 is 27.3 Å². The molecule has 0 fully saturated rings. The van der Waals surface area contributed by atoms with Crippen LogP contribution < -0.4 is 10.6 Å². The van der Waals surface area contributed by atoms with Crippen LogP contribution in [0, 0.1) is 5.82 Å². The first kappa shape index (κ1) is 13.9. The molecule has 4 heteroatoms. The molecule has 2 aromatic carbocycles. The average Bonchev–Trinajstić information content (AvgIpc) is 2.40. The molecule has 0 amide bonds. The molecule has 0 saturated heterocycles. The van der Waals surface area contributed by atoms with Gasteiger partial charge >= 0.3 is 0 Å². The van der Waals surface area contributed by atoms with Crippen LogP contribution in [0.1, 0.15) is 12.5 Å². The largest absolute Gasteiger partial charge is 0.398 e. The van der Waals surface area contributed by atoms with Gasteiger partial charge in [0.05, 0.1) is 0 Å². The van der Waals surface area contributed by atoms with Gasteiger partial charge in [-0.2, -0.15) is 0 Å². The Hall–Kier alpha value is -1.55. The fourth-order valence-electron chi connectivity index (χ4n) is 1.97. The van der Waals surface area contributed by atoms with Gasteiger partial charge in [-0.1, -0.05) is 22.0 Å². The molecule has 19 heavy (non-hydrogen) atoms. The zero-order valence-corrected chi connectivity index (χ0v) is 12.3. The third-order valence-electron chi connectivity index (χ3n) is 3.08. The van der Waals surface area contributed by atoms with E-state index >= 15 is 0 Å². The first-order chi connectivity index (χ1) is 9.11. The minimum absolute atomic E-state index is 0.222. The number of nitrogens with two attached hydrogens (primary N) is 1. The summed E-state index contributed by atoms with van der Waals surface area (Å²) >= 11 is 3.52. The molecule has 2 nitrogen and oxygen atoms in total. The van der Waals surface area contributed by atoms with E-state index in [9.17, 15) is 4.39 Å². The van der Waals surface area contributed by atoms with E-state index in [1.165, 1.54) is 12.1 Å². The molecule has 2 N–H and O–H groups in total. The molecule has 0 atom stereocenters. The van der Waals surface area contributed by atoms with Crippen LogP contribution in [0.25, 0.3) is 0 Å². The van der Waals surface area contributed by atoms with Crippen molar-refractivity contribution in [1.82, 2.24) is 0 Å². The van der Waals surface area contributed by atoms with E-state index in [1.54, 1.807) is 12.1 Å². The second-order valence-corrected chi connectivity index (χ2v) is 5.15. The fraction of sp³-hybridized carbons (Fsp3) is 0.200. The van der Waals surface area contributed by atoms with Crippen molar-refractivity contribution in [3.63, 3.8) is 0 Å². The van der Waals surface area contributed by atoms with Crippen LogP contribution in [0.3, 0.4) is 0 Å². The van der Waals surface area contributed by atoms with Crippen molar-refractivity contribution in [1.29, 1.82) is 0 Å². The van der Waals surface area contributed by atoms with Crippen LogP contribution in [0.2, 0.25) is 0 Å². The van der Waals surface area contributed by atoms with Gasteiger partial charge in [-0.15, -0.1) is 0 Å². The molecule has 0 saturated carbocycles. The van der Waals surface area contributed by atoms with E-state index in [4.69, 9.17) is 5.73 Å². The summed E-state index contributed by atoms with van der Waals surface area (Å²) in [5.74, 6) is -0.222. The molecule has 0 bridgehead atoms. The number of hydrogen-bond acceptors (Lipinski definition) is 2. The summed E-state index contributed by atoms with van der Waals surface area (Å²) in [6.07, 6.45) is 0. The van der Waals surface area contributed by atoms with E-state index in [2.05, 4.69) is 27.8 Å². The van der Waals surface area contributed by atoms with Crippen LogP contribution in [0.5, 0.6) is 0 Å². The summed E-state index contributed by atoms with van der Waals surface area (Å²) in [6.45, 7) is 3.58. The molecule has 0 radical (unpaired) electrons. The predicted octanol–water partition coefficient (Wildman–Crippen LogP) is 4.20. The summed E-state index contributed by atoms with van der Waals surface area (Å²) in [7, 11) is 0. The minimum Gasteiger partial charge on any atom is -0.398 e. The maximum absolute atomic E-state index is 13.0. The summed E-state index contributed by atoms with van der Waals surface area (Å²) in [5.41, 5.74) is 8.80. The second-order valence-electron chi connectivity index (χ2n) is 4.30. The Morgan fingerprint density at radius 1 is 1.16 bits per heavy atom. The Balaban J connectivity index is 2.26. The lowest BCUT2D eigenvalue weighted by Crippen LogP contribution is -2.22. The average molecular weight is 323 g/mol. The summed E-state index contributed by atoms with van der Waals surface area (Å²) in [4.78, 5) is 2.15. The van der Waals surface area contributed by atoms with Gasteiger partial charge in [-0.3, -0.25) is 0 Å². The van der Waals surface area contributed by atoms with E-state index < -0.39 is 0 Å². The normalized spacial score (nSPS) is 10.5. The molecule has 2 rings (SSSR count). The van der Waals surface area contributed by atoms with Crippen molar-refractivity contribution in [2.45, 2.75) is 13.5 Å². The van der Waals surface area contributed by atoms with Crippen molar-refractivity contribution in [3.8, 4) is 0 Å². The maximum atomic E-state index is 13.0. The summed E-state index contributed by atoms with van der Waals surface area (Å²) in [6, 6.07) is 12.3. The zero-order valence-electron chi connectivity index (χ0n) is 10.7. The highest BCUT2D eigenvalue weighted by Gasteiger charge is 2.10. The standard InChI is InChI=1S/C15H16BrFN2/c1-2-19(12-8-6-11(17)7-9-12)10-13-14(16)4-3-5-15(13)18/h3-9H,2,10,18H2,1H3. The predicted molar refractivity (Wildman–Crippen MR) is 81.7 cm³/mol. The Morgan fingerprint density at radius 3 is 2.42 bits per heavy atom. The third kappa shape index (κ3) is 3.26. The molecule has 0 aliphatic carbocycles. The van der Waals surface area contributed by atoms with E-state index in [0.29, 0.717) is 6.54 Å². The fourth-order valence-corrected chi connectivity index (χ4v) is 2.48. The molecule has 2 aromatic rings. The van der Waals surface area contributed by atoms with Crippen LogP contribution in [0.4, 0.5) is 15.8 Å². The molecule has 0 aromatic heterocycles. The van der Waals surface area contributed by atoms with E-state index in [1.807, 2.05) is 18.2 Å². The smallest absolute Gasteiger partial charge is 0.123 e. The third-order valence-corrected chi connectivity index (χ3v) is 3.82. The monoisotopic (exact) mass is 322 g/mol. The lowest BCUT2D eigenvalue weighted by atomic mass is 10.1. The topological polar surface area (TPSA) is 29.3 Å². The lowest BCUT2D eigenvalue weighted by Gasteiger charge is -2.24. The van der Waals surface area contributed by atoms with Gasteiger partial charge in [0, 0.05) is 34.5 Å². The molecular weight excluding hydrogens is 307 g/mol. The first-order valence-electron chi connectivity index (χ1n) is 6.15. The Kier molecular flexibility index (Phi) is 4.43. The van der Waals surface area contributed by atoms with Gasteiger partial charge in [-0.05, 0) is 43.3 Å². The number of anilines is 2. The number of hydrogen-bond donors (Lipinski definition) is 1. The minimum atomic E-state index is -0.222. The Morgan fingerprint density at radius 2 is 1.84 bits per heavy atom. The van der Waals surface area contributed by atoms with Gasteiger partial charge in [-0.25, -0.2) is 4.39 Å². The molecule has 0 unspecified atom stereocenters.